The van der Waals surface area contributed by atoms with E-state index in [1.807, 2.05) is 37.3 Å². The molecule has 1 unspecified atom stereocenters. The molecule has 0 aliphatic heterocycles. The normalized spacial score (nSPS) is 11.9. The number of benzene rings is 2. The van der Waals surface area contributed by atoms with Crippen LogP contribution in [-0.2, 0) is 4.79 Å². The summed E-state index contributed by atoms with van der Waals surface area (Å²) in [6.07, 6.45) is 0. The van der Waals surface area contributed by atoms with Gasteiger partial charge in [-0.2, -0.15) is 0 Å². The lowest BCUT2D eigenvalue weighted by atomic mass is 9.98. The third-order valence-corrected chi connectivity index (χ3v) is 3.21. The Labute approximate surface area is 117 Å². The van der Waals surface area contributed by atoms with Crippen LogP contribution in [0.2, 0.25) is 0 Å². The largest absolute Gasteiger partial charge is 0.329 e. The zero-order chi connectivity index (χ0) is 14.5. The third-order valence-electron chi connectivity index (χ3n) is 3.21. The molecule has 3 N–H and O–H groups in total. The van der Waals surface area contributed by atoms with Crippen LogP contribution in [0.4, 0.5) is 10.1 Å². The molecule has 0 heterocycles. The Balaban J connectivity index is 2.20. The van der Waals surface area contributed by atoms with Gasteiger partial charge in [0.2, 0.25) is 5.91 Å². The molecule has 3 nitrogen and oxygen atoms in total. The highest BCUT2D eigenvalue weighted by atomic mass is 19.1. The monoisotopic (exact) mass is 272 g/mol. The zero-order valence-corrected chi connectivity index (χ0v) is 11.3. The molecule has 2 aromatic rings. The minimum atomic E-state index is -0.445. The number of halogens is 1. The van der Waals surface area contributed by atoms with Crippen molar-refractivity contribution in [1.82, 2.24) is 0 Å². The van der Waals surface area contributed by atoms with Gasteiger partial charge in [-0.05, 0) is 30.2 Å². The van der Waals surface area contributed by atoms with Gasteiger partial charge in [-0.1, -0.05) is 36.4 Å². The summed E-state index contributed by atoms with van der Waals surface area (Å²) in [4.78, 5) is 12.3. The van der Waals surface area contributed by atoms with E-state index >= 15 is 0 Å². The second-order valence-corrected chi connectivity index (χ2v) is 4.65. The number of carbonyl (C=O) groups is 1. The van der Waals surface area contributed by atoms with E-state index in [0.717, 1.165) is 11.1 Å². The number of nitrogens with one attached hydrogen (secondary N) is 1. The molecular formula is C16H17FN2O. The van der Waals surface area contributed by atoms with Crippen molar-refractivity contribution in [2.45, 2.75) is 12.8 Å². The van der Waals surface area contributed by atoms with E-state index in [-0.39, 0.29) is 18.3 Å². The number of anilines is 1. The first-order chi connectivity index (χ1) is 9.61. The average molecular weight is 272 g/mol. The summed E-state index contributed by atoms with van der Waals surface area (Å²) in [5, 5.41) is 2.74. The number of nitrogens with two attached hydrogens (primary N) is 1. The predicted octanol–water partition coefficient (Wildman–Crippen LogP) is 2.82. The molecule has 4 heteroatoms. The van der Waals surface area contributed by atoms with Crippen molar-refractivity contribution in [3.05, 3.63) is 65.5 Å². The Morgan fingerprint density at radius 1 is 1.25 bits per heavy atom. The lowest BCUT2D eigenvalue weighted by Crippen LogP contribution is -2.27. The summed E-state index contributed by atoms with van der Waals surface area (Å²) in [5.41, 5.74) is 7.83. The molecule has 20 heavy (non-hydrogen) atoms. The van der Waals surface area contributed by atoms with Crippen LogP contribution < -0.4 is 11.1 Å². The van der Waals surface area contributed by atoms with Crippen LogP contribution in [0.25, 0.3) is 0 Å². The fourth-order valence-corrected chi connectivity index (χ4v) is 2.03. The van der Waals surface area contributed by atoms with Gasteiger partial charge >= 0.3 is 0 Å². The first-order valence-electron chi connectivity index (χ1n) is 6.44. The lowest BCUT2D eigenvalue weighted by molar-refractivity contribution is -0.117. The second-order valence-electron chi connectivity index (χ2n) is 4.65. The molecule has 0 aromatic heterocycles. The van der Waals surface area contributed by atoms with Crippen molar-refractivity contribution < 1.29 is 9.18 Å². The maximum absolute atomic E-state index is 13.2. The fraction of sp³-hybridized carbons (Fsp3) is 0.188. The van der Waals surface area contributed by atoms with E-state index in [2.05, 4.69) is 5.32 Å². The highest BCUT2D eigenvalue weighted by Gasteiger charge is 2.19. The van der Waals surface area contributed by atoms with Gasteiger partial charge in [0, 0.05) is 12.2 Å². The number of rotatable bonds is 4. The van der Waals surface area contributed by atoms with Gasteiger partial charge in [-0.3, -0.25) is 4.79 Å². The Morgan fingerprint density at radius 3 is 2.60 bits per heavy atom. The molecular weight excluding hydrogens is 255 g/mol. The Morgan fingerprint density at radius 2 is 1.95 bits per heavy atom. The van der Waals surface area contributed by atoms with Crippen molar-refractivity contribution in [2.75, 3.05) is 11.9 Å². The highest BCUT2D eigenvalue weighted by Crippen LogP contribution is 2.20. The van der Waals surface area contributed by atoms with Crippen LogP contribution in [0.15, 0.2) is 48.5 Å². The molecule has 1 amide bonds. The fourth-order valence-electron chi connectivity index (χ4n) is 2.03. The van der Waals surface area contributed by atoms with Crippen molar-refractivity contribution in [3.8, 4) is 0 Å². The van der Waals surface area contributed by atoms with Gasteiger partial charge in [0.15, 0.2) is 0 Å². The number of aryl methyl sites for hydroxylation is 1. The standard InChI is InChI=1S/C16H17FN2O/c1-11-7-8-13(17)9-15(11)19-16(20)14(10-18)12-5-3-2-4-6-12/h2-9,14H,10,18H2,1H3,(H,19,20). The van der Waals surface area contributed by atoms with Gasteiger partial charge < -0.3 is 11.1 Å². The third kappa shape index (κ3) is 3.22. The van der Waals surface area contributed by atoms with Crippen molar-refractivity contribution in [3.63, 3.8) is 0 Å². The molecule has 0 saturated carbocycles. The van der Waals surface area contributed by atoms with E-state index in [0.29, 0.717) is 5.69 Å². The average Bonchev–Trinajstić information content (AvgIpc) is 2.45. The van der Waals surface area contributed by atoms with Gasteiger partial charge in [0.05, 0.1) is 5.92 Å². The maximum atomic E-state index is 13.2. The van der Waals surface area contributed by atoms with E-state index in [9.17, 15) is 9.18 Å². The number of carbonyl (C=O) groups excluding carboxylic acids is 1. The van der Waals surface area contributed by atoms with Crippen LogP contribution >= 0.6 is 0 Å². The van der Waals surface area contributed by atoms with Crippen LogP contribution in [0, 0.1) is 12.7 Å². The lowest BCUT2D eigenvalue weighted by Gasteiger charge is -2.16. The summed E-state index contributed by atoms with van der Waals surface area (Å²) < 4.78 is 13.2. The quantitative estimate of drug-likeness (QED) is 0.899. The van der Waals surface area contributed by atoms with Crippen molar-refractivity contribution in [1.29, 1.82) is 0 Å². The van der Waals surface area contributed by atoms with Crippen LogP contribution in [0.5, 0.6) is 0 Å². The number of hydrogen-bond donors (Lipinski definition) is 2. The minimum Gasteiger partial charge on any atom is -0.329 e. The van der Waals surface area contributed by atoms with Crippen LogP contribution in [0.3, 0.4) is 0 Å². The molecule has 0 aliphatic rings. The molecule has 0 radical (unpaired) electrons. The van der Waals surface area contributed by atoms with Gasteiger partial charge in [-0.15, -0.1) is 0 Å². The summed E-state index contributed by atoms with van der Waals surface area (Å²) in [6, 6.07) is 13.6. The van der Waals surface area contributed by atoms with Crippen LogP contribution in [-0.4, -0.2) is 12.5 Å². The van der Waals surface area contributed by atoms with E-state index in [4.69, 9.17) is 5.73 Å². The van der Waals surface area contributed by atoms with E-state index < -0.39 is 5.92 Å². The first kappa shape index (κ1) is 14.2. The molecule has 0 fully saturated rings. The molecule has 2 rings (SSSR count). The number of hydrogen-bond acceptors (Lipinski definition) is 2. The highest BCUT2D eigenvalue weighted by molar-refractivity contribution is 5.96. The molecule has 0 bridgehead atoms. The molecule has 0 spiro atoms. The van der Waals surface area contributed by atoms with Crippen LogP contribution in [0.1, 0.15) is 17.0 Å². The SMILES string of the molecule is Cc1ccc(F)cc1NC(=O)C(CN)c1ccccc1. The first-order valence-corrected chi connectivity index (χ1v) is 6.44. The van der Waals surface area contributed by atoms with E-state index in [1.165, 1.54) is 12.1 Å². The Bertz CT molecular complexity index is 599. The number of amides is 1. The predicted molar refractivity (Wildman–Crippen MR) is 78.0 cm³/mol. The van der Waals surface area contributed by atoms with E-state index in [1.54, 1.807) is 6.07 Å². The summed E-state index contributed by atoms with van der Waals surface area (Å²) in [7, 11) is 0. The molecule has 104 valence electrons. The minimum absolute atomic E-state index is 0.199. The summed E-state index contributed by atoms with van der Waals surface area (Å²) >= 11 is 0. The maximum Gasteiger partial charge on any atom is 0.233 e. The molecule has 0 aliphatic carbocycles. The smallest absolute Gasteiger partial charge is 0.233 e. The second kappa shape index (κ2) is 6.30. The molecule has 1 atom stereocenters. The topological polar surface area (TPSA) is 55.1 Å². The summed E-state index contributed by atoms with van der Waals surface area (Å²) in [6.45, 7) is 2.01. The summed E-state index contributed by atoms with van der Waals surface area (Å²) in [5.74, 6) is -1.05. The van der Waals surface area contributed by atoms with Crippen molar-refractivity contribution in [2.24, 2.45) is 5.73 Å². The van der Waals surface area contributed by atoms with Gasteiger partial charge in [-0.25, -0.2) is 4.39 Å². The van der Waals surface area contributed by atoms with Gasteiger partial charge in [0.1, 0.15) is 5.82 Å². The Kier molecular flexibility index (Phi) is 4.48. The molecule has 2 aromatic carbocycles. The van der Waals surface area contributed by atoms with Gasteiger partial charge in [0.25, 0.3) is 0 Å². The zero-order valence-electron chi connectivity index (χ0n) is 11.3. The van der Waals surface area contributed by atoms with Crippen molar-refractivity contribution >= 4 is 11.6 Å². The molecule has 0 saturated heterocycles. The Hall–Kier alpha value is -2.20.